The van der Waals surface area contributed by atoms with Crippen LogP contribution in [0.2, 0.25) is 0 Å². The van der Waals surface area contributed by atoms with Crippen LogP contribution in [-0.2, 0) is 24.7 Å². The Morgan fingerprint density at radius 2 is 1.67 bits per heavy atom. The molecule has 1 saturated carbocycles. The van der Waals surface area contributed by atoms with E-state index in [-0.39, 0.29) is 11.2 Å². The van der Waals surface area contributed by atoms with E-state index in [1.807, 2.05) is 48.5 Å². The number of benzene rings is 1. The van der Waals surface area contributed by atoms with Crippen LogP contribution >= 0.6 is 0 Å². The molecule has 3 aromatic rings. The minimum Gasteiger partial charge on any atom is -0.294 e. The monoisotopic (exact) mass is 395 g/mol. The van der Waals surface area contributed by atoms with E-state index in [4.69, 9.17) is 0 Å². The van der Waals surface area contributed by atoms with E-state index in [1.165, 1.54) is 5.56 Å². The Kier molecular flexibility index (Phi) is 5.99. The minimum atomic E-state index is -0.341. The Hall–Kier alpha value is -3.32. The molecule has 2 aromatic heterocycles. The van der Waals surface area contributed by atoms with Crippen LogP contribution in [0.3, 0.4) is 0 Å². The summed E-state index contributed by atoms with van der Waals surface area (Å²) in [5.74, 6) is 0.0800. The van der Waals surface area contributed by atoms with Gasteiger partial charge in [0.05, 0.1) is 17.2 Å². The molecule has 0 unspecified atom stereocenters. The zero-order chi connectivity index (χ0) is 20.8. The Bertz CT molecular complexity index is 1050. The van der Waals surface area contributed by atoms with Gasteiger partial charge in [-0.1, -0.05) is 37.1 Å². The van der Waals surface area contributed by atoms with E-state index in [0.29, 0.717) is 12.0 Å². The standard InChI is InChI=1S/C26H25N3O/c27-19-26(13-1-2-14-26)22-8-5-21(6-9-22)18-25(30)23-4-3-15-29-24(23)10-7-20-11-16-28-17-12-20/h3-6,8-9,11-12,15-17H,1-2,7,10,13-14,18H2. The molecule has 0 aliphatic heterocycles. The van der Waals surface area contributed by atoms with Crippen LogP contribution in [0.5, 0.6) is 0 Å². The molecule has 0 bridgehead atoms. The lowest BCUT2D eigenvalue weighted by molar-refractivity contribution is 0.0991. The number of rotatable bonds is 7. The maximum absolute atomic E-state index is 13.0. The predicted octanol–water partition coefficient (Wildman–Crippen LogP) is 5.02. The predicted molar refractivity (Wildman–Crippen MR) is 116 cm³/mol. The molecule has 2 heterocycles. The Morgan fingerprint density at radius 1 is 0.933 bits per heavy atom. The smallest absolute Gasteiger partial charge is 0.169 e. The van der Waals surface area contributed by atoms with E-state index in [0.717, 1.165) is 55.3 Å². The van der Waals surface area contributed by atoms with Crippen LogP contribution < -0.4 is 0 Å². The van der Waals surface area contributed by atoms with Crippen molar-refractivity contribution in [2.75, 3.05) is 0 Å². The van der Waals surface area contributed by atoms with Gasteiger partial charge in [-0.2, -0.15) is 5.26 Å². The van der Waals surface area contributed by atoms with Crippen molar-refractivity contribution >= 4 is 5.78 Å². The molecule has 1 fully saturated rings. The number of carbonyl (C=O) groups is 1. The average molecular weight is 396 g/mol. The van der Waals surface area contributed by atoms with Crippen LogP contribution in [0.15, 0.2) is 67.1 Å². The zero-order valence-corrected chi connectivity index (χ0v) is 17.1. The van der Waals surface area contributed by atoms with Gasteiger partial charge in [0.15, 0.2) is 5.78 Å². The lowest BCUT2D eigenvalue weighted by Crippen LogP contribution is -2.19. The second kappa shape index (κ2) is 9.00. The quantitative estimate of drug-likeness (QED) is 0.527. The largest absolute Gasteiger partial charge is 0.294 e. The van der Waals surface area contributed by atoms with Crippen molar-refractivity contribution in [3.63, 3.8) is 0 Å². The number of nitriles is 1. The van der Waals surface area contributed by atoms with Crippen molar-refractivity contribution in [1.82, 2.24) is 9.97 Å². The molecular formula is C26H25N3O. The van der Waals surface area contributed by atoms with Crippen molar-refractivity contribution in [3.05, 3.63) is 95.1 Å². The Balaban J connectivity index is 1.46. The van der Waals surface area contributed by atoms with Crippen molar-refractivity contribution in [3.8, 4) is 6.07 Å². The van der Waals surface area contributed by atoms with Gasteiger partial charge < -0.3 is 0 Å². The maximum atomic E-state index is 13.0. The number of Topliss-reactive ketones (excluding diaryl/α,β-unsaturated/α-hetero) is 1. The van der Waals surface area contributed by atoms with Gasteiger partial charge in [-0.3, -0.25) is 14.8 Å². The molecule has 4 rings (SSSR count). The number of nitrogens with zero attached hydrogens (tertiary/aromatic N) is 3. The van der Waals surface area contributed by atoms with Crippen molar-refractivity contribution in [2.45, 2.75) is 50.4 Å². The summed E-state index contributed by atoms with van der Waals surface area (Å²) in [6, 6.07) is 18.3. The lowest BCUT2D eigenvalue weighted by atomic mass is 9.80. The third kappa shape index (κ3) is 4.31. The number of pyridine rings is 2. The molecule has 0 N–H and O–H groups in total. The average Bonchev–Trinajstić information content (AvgIpc) is 3.29. The number of aryl methyl sites for hydroxylation is 2. The molecule has 4 nitrogen and oxygen atoms in total. The molecule has 1 aliphatic carbocycles. The zero-order valence-electron chi connectivity index (χ0n) is 17.1. The first-order chi connectivity index (χ1) is 14.7. The molecule has 1 aromatic carbocycles. The normalized spacial score (nSPS) is 14.9. The van der Waals surface area contributed by atoms with Gasteiger partial charge >= 0.3 is 0 Å². The van der Waals surface area contributed by atoms with Crippen LogP contribution in [-0.4, -0.2) is 15.8 Å². The molecular weight excluding hydrogens is 370 g/mol. The molecule has 0 amide bonds. The van der Waals surface area contributed by atoms with Crippen LogP contribution in [0.4, 0.5) is 0 Å². The third-order valence-electron chi connectivity index (χ3n) is 6.13. The van der Waals surface area contributed by atoms with Gasteiger partial charge in [-0.15, -0.1) is 0 Å². The Labute approximate surface area is 177 Å². The van der Waals surface area contributed by atoms with Gasteiger partial charge in [-0.05, 0) is 66.6 Å². The summed E-state index contributed by atoms with van der Waals surface area (Å²) in [7, 11) is 0. The highest BCUT2D eigenvalue weighted by Crippen LogP contribution is 2.40. The molecule has 0 atom stereocenters. The second-order valence-corrected chi connectivity index (χ2v) is 8.05. The van der Waals surface area contributed by atoms with Gasteiger partial charge in [0.1, 0.15) is 0 Å². The molecule has 1 aliphatic rings. The van der Waals surface area contributed by atoms with Gasteiger partial charge in [-0.25, -0.2) is 0 Å². The SMILES string of the molecule is N#CC1(c2ccc(CC(=O)c3cccnc3CCc3ccncc3)cc2)CCCC1. The molecule has 0 spiro atoms. The fourth-order valence-corrected chi connectivity index (χ4v) is 4.37. The molecule has 30 heavy (non-hydrogen) atoms. The molecule has 150 valence electrons. The number of aromatic nitrogens is 2. The van der Waals surface area contributed by atoms with E-state index in [1.54, 1.807) is 18.6 Å². The first-order valence-electron chi connectivity index (χ1n) is 10.6. The fraction of sp³-hybridized carbons (Fsp3) is 0.308. The van der Waals surface area contributed by atoms with Crippen molar-refractivity contribution < 1.29 is 4.79 Å². The highest BCUT2D eigenvalue weighted by atomic mass is 16.1. The van der Waals surface area contributed by atoms with E-state index in [9.17, 15) is 10.1 Å². The second-order valence-electron chi connectivity index (χ2n) is 8.05. The summed E-state index contributed by atoms with van der Waals surface area (Å²) in [6.45, 7) is 0. The summed E-state index contributed by atoms with van der Waals surface area (Å²) in [4.78, 5) is 21.5. The van der Waals surface area contributed by atoms with Gasteiger partial charge in [0.25, 0.3) is 0 Å². The number of ketones is 1. The van der Waals surface area contributed by atoms with Crippen LogP contribution in [0.1, 0.15) is 58.4 Å². The van der Waals surface area contributed by atoms with Gasteiger partial charge in [0, 0.05) is 30.6 Å². The summed E-state index contributed by atoms with van der Waals surface area (Å²) in [5, 5.41) is 9.68. The molecule has 0 radical (unpaired) electrons. The summed E-state index contributed by atoms with van der Waals surface area (Å²) in [6.07, 6.45) is 11.3. The van der Waals surface area contributed by atoms with Gasteiger partial charge in [0.2, 0.25) is 0 Å². The Morgan fingerprint density at radius 3 is 2.37 bits per heavy atom. The highest BCUT2D eigenvalue weighted by Gasteiger charge is 2.35. The summed E-state index contributed by atoms with van der Waals surface area (Å²) >= 11 is 0. The summed E-state index contributed by atoms with van der Waals surface area (Å²) < 4.78 is 0. The van der Waals surface area contributed by atoms with Crippen LogP contribution in [0.25, 0.3) is 0 Å². The molecule has 4 heteroatoms. The first-order valence-corrected chi connectivity index (χ1v) is 10.6. The number of hydrogen-bond acceptors (Lipinski definition) is 4. The third-order valence-corrected chi connectivity index (χ3v) is 6.13. The van der Waals surface area contributed by atoms with E-state index in [2.05, 4.69) is 16.0 Å². The van der Waals surface area contributed by atoms with E-state index >= 15 is 0 Å². The molecule has 0 saturated heterocycles. The highest BCUT2D eigenvalue weighted by molar-refractivity contribution is 5.98. The first kappa shape index (κ1) is 20.0. The number of hydrogen-bond donors (Lipinski definition) is 0. The maximum Gasteiger partial charge on any atom is 0.169 e. The fourth-order valence-electron chi connectivity index (χ4n) is 4.37. The van der Waals surface area contributed by atoms with Crippen molar-refractivity contribution in [2.24, 2.45) is 0 Å². The van der Waals surface area contributed by atoms with Crippen LogP contribution in [0, 0.1) is 11.3 Å². The summed E-state index contributed by atoms with van der Waals surface area (Å²) in [5.41, 5.74) is 4.43. The topological polar surface area (TPSA) is 66.6 Å². The number of carbonyl (C=O) groups excluding carboxylic acids is 1. The van der Waals surface area contributed by atoms with Crippen molar-refractivity contribution in [1.29, 1.82) is 5.26 Å². The van der Waals surface area contributed by atoms with E-state index < -0.39 is 0 Å². The minimum absolute atomic E-state index is 0.0800. The lowest BCUT2D eigenvalue weighted by Gasteiger charge is -2.20.